The van der Waals surface area contributed by atoms with E-state index < -0.39 is 0 Å². The monoisotopic (exact) mass is 224 g/mol. The summed E-state index contributed by atoms with van der Waals surface area (Å²) in [5.41, 5.74) is 1.59. The summed E-state index contributed by atoms with van der Waals surface area (Å²) >= 11 is 0. The number of hydrogen-bond acceptors (Lipinski definition) is 4. The molecule has 1 atom stereocenters. The van der Waals surface area contributed by atoms with Crippen molar-refractivity contribution < 1.29 is 10.2 Å². The summed E-state index contributed by atoms with van der Waals surface area (Å²) in [7, 11) is 1.95. The lowest BCUT2D eigenvalue weighted by molar-refractivity contribution is 0.162. The maximum atomic E-state index is 9.62. The first kappa shape index (κ1) is 12.9. The van der Waals surface area contributed by atoms with Crippen molar-refractivity contribution in [3.8, 4) is 5.75 Å². The first-order chi connectivity index (χ1) is 7.49. The topological polar surface area (TPSA) is 56.6 Å². The Labute approximate surface area is 96.6 Å². The van der Waals surface area contributed by atoms with E-state index in [0.29, 0.717) is 12.2 Å². The molecule has 0 fully saturated rings. The zero-order valence-corrected chi connectivity index (χ0v) is 10.1. The van der Waals surface area contributed by atoms with Gasteiger partial charge < -0.3 is 15.1 Å². The van der Waals surface area contributed by atoms with Crippen LogP contribution in [0.25, 0.3) is 0 Å². The number of hydrogen-bond donors (Lipinski definition) is 2. The summed E-state index contributed by atoms with van der Waals surface area (Å²) < 4.78 is 0. The molecule has 0 bridgehead atoms. The number of rotatable bonds is 5. The molecule has 1 aromatic rings. The number of aryl methyl sites for hydroxylation is 1. The van der Waals surface area contributed by atoms with Crippen molar-refractivity contribution in [3.05, 3.63) is 23.5 Å². The van der Waals surface area contributed by atoms with Crippen molar-refractivity contribution in [2.24, 2.45) is 0 Å². The van der Waals surface area contributed by atoms with Crippen molar-refractivity contribution in [2.45, 2.75) is 32.9 Å². The van der Waals surface area contributed by atoms with Gasteiger partial charge in [0.2, 0.25) is 0 Å². The predicted octanol–water partition coefficient (Wildman–Crippen LogP) is 1.30. The Hall–Kier alpha value is -1.13. The van der Waals surface area contributed by atoms with Crippen LogP contribution in [0.3, 0.4) is 0 Å². The lowest BCUT2D eigenvalue weighted by atomic mass is 10.2. The third-order valence-electron chi connectivity index (χ3n) is 2.44. The molecule has 0 aliphatic carbocycles. The van der Waals surface area contributed by atoms with Crippen molar-refractivity contribution in [1.82, 2.24) is 9.88 Å². The highest BCUT2D eigenvalue weighted by molar-refractivity contribution is 5.27. The second-order valence-corrected chi connectivity index (χ2v) is 4.29. The van der Waals surface area contributed by atoms with Gasteiger partial charge in [0.1, 0.15) is 5.75 Å². The molecular weight excluding hydrogens is 204 g/mol. The molecule has 4 nitrogen and oxygen atoms in total. The second kappa shape index (κ2) is 5.82. The molecule has 16 heavy (non-hydrogen) atoms. The minimum Gasteiger partial charge on any atom is -0.506 e. The smallest absolute Gasteiger partial charge is 0.138 e. The highest BCUT2D eigenvalue weighted by Gasteiger charge is 2.07. The number of nitrogens with zero attached hydrogens (tertiary/aromatic N) is 2. The minimum atomic E-state index is -0.290. The highest BCUT2D eigenvalue weighted by atomic mass is 16.3. The molecule has 2 N–H and O–H groups in total. The van der Waals surface area contributed by atoms with E-state index in [4.69, 9.17) is 0 Å². The van der Waals surface area contributed by atoms with Gasteiger partial charge in [0.15, 0.2) is 0 Å². The van der Waals surface area contributed by atoms with Gasteiger partial charge in [-0.3, -0.25) is 4.98 Å². The predicted molar refractivity (Wildman–Crippen MR) is 63.3 cm³/mol. The van der Waals surface area contributed by atoms with Gasteiger partial charge in [-0.25, -0.2) is 0 Å². The zero-order chi connectivity index (χ0) is 12.1. The molecule has 0 amide bonds. The molecule has 1 heterocycles. The van der Waals surface area contributed by atoms with E-state index in [1.165, 1.54) is 0 Å². The van der Waals surface area contributed by atoms with Crippen LogP contribution in [0.1, 0.15) is 24.7 Å². The number of aliphatic hydroxyl groups excluding tert-OH is 1. The van der Waals surface area contributed by atoms with Gasteiger partial charge in [-0.1, -0.05) is 0 Å². The van der Waals surface area contributed by atoms with Gasteiger partial charge in [0.25, 0.3) is 0 Å². The average molecular weight is 224 g/mol. The van der Waals surface area contributed by atoms with Crippen LogP contribution >= 0.6 is 0 Å². The fraction of sp³-hybridized carbons (Fsp3) is 0.583. The summed E-state index contributed by atoms with van der Waals surface area (Å²) in [6.07, 6.45) is 0.435. The number of aromatic nitrogens is 1. The Morgan fingerprint density at radius 2 is 2.12 bits per heavy atom. The maximum Gasteiger partial charge on any atom is 0.138 e. The van der Waals surface area contributed by atoms with Crippen molar-refractivity contribution in [3.63, 3.8) is 0 Å². The normalized spacial score (nSPS) is 13.1. The van der Waals surface area contributed by atoms with Gasteiger partial charge in [-0.05, 0) is 39.4 Å². The Kier molecular flexibility index (Phi) is 4.71. The molecule has 0 aliphatic heterocycles. The standard InChI is InChI=1S/C12H20N2O2/c1-9-4-5-12(16)11(13-9)8-14(3)7-6-10(2)15/h4-5,10,15-16H,6-8H2,1-3H3. The van der Waals surface area contributed by atoms with Crippen LogP contribution in [0.4, 0.5) is 0 Å². The molecule has 0 aliphatic rings. The van der Waals surface area contributed by atoms with Gasteiger partial charge in [0.05, 0.1) is 11.8 Å². The lowest BCUT2D eigenvalue weighted by Gasteiger charge is -2.17. The third kappa shape index (κ3) is 4.16. The van der Waals surface area contributed by atoms with Crippen molar-refractivity contribution in [1.29, 1.82) is 0 Å². The molecule has 0 saturated heterocycles. The van der Waals surface area contributed by atoms with Gasteiger partial charge in [-0.15, -0.1) is 0 Å². The van der Waals surface area contributed by atoms with E-state index in [2.05, 4.69) is 4.98 Å². The molecule has 0 radical (unpaired) electrons. The van der Waals surface area contributed by atoms with E-state index in [0.717, 1.165) is 18.7 Å². The van der Waals surface area contributed by atoms with E-state index in [1.54, 1.807) is 19.1 Å². The van der Waals surface area contributed by atoms with Crippen LogP contribution < -0.4 is 0 Å². The maximum absolute atomic E-state index is 9.62. The summed E-state index contributed by atoms with van der Waals surface area (Å²) in [5, 5.41) is 18.8. The second-order valence-electron chi connectivity index (χ2n) is 4.29. The van der Waals surface area contributed by atoms with Crippen molar-refractivity contribution in [2.75, 3.05) is 13.6 Å². The first-order valence-electron chi connectivity index (χ1n) is 5.51. The van der Waals surface area contributed by atoms with Crippen LogP contribution in [-0.2, 0) is 6.54 Å². The largest absolute Gasteiger partial charge is 0.506 e. The summed E-state index contributed by atoms with van der Waals surface area (Å²) in [5.74, 6) is 0.231. The lowest BCUT2D eigenvalue weighted by Crippen LogP contribution is -2.22. The molecule has 1 rings (SSSR count). The van der Waals surface area contributed by atoms with Crippen LogP contribution in [-0.4, -0.2) is 39.8 Å². The number of pyridine rings is 1. The van der Waals surface area contributed by atoms with Crippen LogP contribution in [0, 0.1) is 6.92 Å². The van der Waals surface area contributed by atoms with E-state index >= 15 is 0 Å². The fourth-order valence-corrected chi connectivity index (χ4v) is 1.46. The molecule has 4 heteroatoms. The third-order valence-corrected chi connectivity index (χ3v) is 2.44. The molecule has 1 aromatic heterocycles. The van der Waals surface area contributed by atoms with Crippen molar-refractivity contribution >= 4 is 0 Å². The molecule has 90 valence electrons. The van der Waals surface area contributed by atoms with E-state index in [-0.39, 0.29) is 11.9 Å². The zero-order valence-electron chi connectivity index (χ0n) is 10.1. The summed E-state index contributed by atoms with van der Waals surface area (Å²) in [6.45, 7) is 5.06. The molecule has 0 saturated carbocycles. The Balaban J connectivity index is 2.55. The van der Waals surface area contributed by atoms with Gasteiger partial charge in [-0.2, -0.15) is 0 Å². The highest BCUT2D eigenvalue weighted by Crippen LogP contribution is 2.16. The Morgan fingerprint density at radius 3 is 2.75 bits per heavy atom. The minimum absolute atomic E-state index is 0.231. The fourth-order valence-electron chi connectivity index (χ4n) is 1.46. The molecular formula is C12H20N2O2. The number of aromatic hydroxyl groups is 1. The first-order valence-corrected chi connectivity index (χ1v) is 5.51. The Bertz CT molecular complexity index is 340. The molecule has 1 unspecified atom stereocenters. The van der Waals surface area contributed by atoms with E-state index in [1.807, 2.05) is 18.9 Å². The van der Waals surface area contributed by atoms with Gasteiger partial charge >= 0.3 is 0 Å². The molecule has 0 aromatic carbocycles. The van der Waals surface area contributed by atoms with Crippen LogP contribution in [0.2, 0.25) is 0 Å². The van der Waals surface area contributed by atoms with Crippen LogP contribution in [0.5, 0.6) is 5.75 Å². The van der Waals surface area contributed by atoms with Crippen LogP contribution in [0.15, 0.2) is 12.1 Å². The molecule has 0 spiro atoms. The Morgan fingerprint density at radius 1 is 1.44 bits per heavy atom. The quantitative estimate of drug-likeness (QED) is 0.791. The SMILES string of the molecule is Cc1ccc(O)c(CN(C)CCC(C)O)n1. The average Bonchev–Trinajstić information content (AvgIpc) is 2.20. The summed E-state index contributed by atoms with van der Waals surface area (Å²) in [6, 6.07) is 3.45. The summed E-state index contributed by atoms with van der Waals surface area (Å²) in [4.78, 5) is 6.32. The van der Waals surface area contributed by atoms with E-state index in [9.17, 15) is 10.2 Å². The van der Waals surface area contributed by atoms with Gasteiger partial charge in [0, 0.05) is 18.8 Å². The number of aliphatic hydroxyl groups is 1.